The molecule has 9 nitrogen and oxygen atoms in total. The summed E-state index contributed by atoms with van der Waals surface area (Å²) in [5.41, 5.74) is 0.186. The van der Waals surface area contributed by atoms with Gasteiger partial charge in [-0.05, 0) is 12.5 Å². The van der Waals surface area contributed by atoms with Crippen molar-refractivity contribution >= 4 is 36.0 Å². The van der Waals surface area contributed by atoms with Gasteiger partial charge in [-0.1, -0.05) is 26.0 Å². The number of piperidine rings is 1. The van der Waals surface area contributed by atoms with Crippen molar-refractivity contribution in [2.75, 3.05) is 32.1 Å². The van der Waals surface area contributed by atoms with Crippen LogP contribution in [0.1, 0.15) is 47.4 Å². The van der Waals surface area contributed by atoms with Crippen molar-refractivity contribution in [2.24, 2.45) is 5.41 Å². The topological polar surface area (TPSA) is 122 Å². The number of carbonyl (C=O) groups is 5. The molecule has 0 aromatic heterocycles. The van der Waals surface area contributed by atoms with Gasteiger partial charge in [0.15, 0.2) is 6.29 Å². The zero-order valence-electron chi connectivity index (χ0n) is 17.4. The first-order chi connectivity index (χ1) is 14.2. The Hall–Kier alpha value is -3.07. The number of carbonyl (C=O) groups excluding carboxylic acids is 5. The average Bonchev–Trinajstić information content (AvgIpc) is 2.72. The van der Waals surface area contributed by atoms with E-state index in [-0.39, 0.29) is 36.5 Å². The highest BCUT2D eigenvalue weighted by atomic mass is 16.5. The Balaban J connectivity index is 2.11. The molecule has 1 fully saturated rings. The van der Waals surface area contributed by atoms with Gasteiger partial charge >= 0.3 is 0 Å². The smallest absolute Gasteiger partial charge is 0.257 e. The van der Waals surface area contributed by atoms with Crippen LogP contribution in [0.3, 0.4) is 0 Å². The Morgan fingerprint density at radius 1 is 1.33 bits per heavy atom. The number of nitrogens with zero attached hydrogens (tertiary/aromatic N) is 1. The molecule has 0 bridgehead atoms. The summed E-state index contributed by atoms with van der Waals surface area (Å²) in [5.74, 6) is -1.41. The molecule has 3 amide bonds. The lowest BCUT2D eigenvalue weighted by atomic mass is 9.98. The van der Waals surface area contributed by atoms with E-state index in [2.05, 4.69) is 10.6 Å². The van der Waals surface area contributed by atoms with E-state index in [1.807, 2.05) is 0 Å². The highest BCUT2D eigenvalue weighted by molar-refractivity contribution is 6.08. The van der Waals surface area contributed by atoms with Crippen LogP contribution >= 0.6 is 0 Å². The normalized spacial score (nSPS) is 16.6. The first-order valence-corrected chi connectivity index (χ1v) is 9.67. The molecule has 0 spiro atoms. The highest BCUT2D eigenvalue weighted by Gasteiger charge is 2.34. The summed E-state index contributed by atoms with van der Waals surface area (Å²) in [4.78, 5) is 60.3. The van der Waals surface area contributed by atoms with Crippen molar-refractivity contribution < 1.29 is 28.7 Å². The molecule has 9 heteroatoms. The van der Waals surface area contributed by atoms with Gasteiger partial charge in [0.05, 0.1) is 18.8 Å². The molecule has 0 aliphatic carbocycles. The second-order valence-electron chi connectivity index (χ2n) is 7.86. The zero-order chi connectivity index (χ0) is 22.3. The van der Waals surface area contributed by atoms with Crippen LogP contribution in [0.4, 0.5) is 5.69 Å². The van der Waals surface area contributed by atoms with Crippen molar-refractivity contribution in [1.82, 2.24) is 10.2 Å². The molecule has 1 aliphatic heterocycles. The summed E-state index contributed by atoms with van der Waals surface area (Å²) in [7, 11) is 1.47. The molecule has 30 heavy (non-hydrogen) atoms. The summed E-state index contributed by atoms with van der Waals surface area (Å²) in [6.45, 7) is 4.43. The van der Waals surface area contributed by atoms with Crippen molar-refractivity contribution in [1.29, 1.82) is 0 Å². The van der Waals surface area contributed by atoms with E-state index in [1.54, 1.807) is 26.0 Å². The molecular formula is C21H27N3O6. The number of anilines is 1. The van der Waals surface area contributed by atoms with Crippen molar-refractivity contribution in [3.63, 3.8) is 0 Å². The molecule has 2 N–H and O–H groups in total. The fourth-order valence-corrected chi connectivity index (χ4v) is 3.05. The number of rotatable bonds is 10. The van der Waals surface area contributed by atoms with Crippen LogP contribution in [0.25, 0.3) is 0 Å². The third-order valence-corrected chi connectivity index (χ3v) is 4.79. The van der Waals surface area contributed by atoms with Crippen molar-refractivity contribution in [2.45, 2.75) is 32.7 Å². The third-order valence-electron chi connectivity index (χ3n) is 4.79. The molecule has 1 heterocycles. The number of benzene rings is 1. The minimum Gasteiger partial charge on any atom is -0.382 e. The second-order valence-corrected chi connectivity index (χ2v) is 7.86. The number of amides is 3. The molecule has 1 saturated heterocycles. The third kappa shape index (κ3) is 5.73. The molecule has 162 valence electrons. The summed E-state index contributed by atoms with van der Waals surface area (Å²) in [6, 6.07) is 4.03. The van der Waals surface area contributed by atoms with Gasteiger partial charge in [0.25, 0.3) is 5.91 Å². The molecule has 0 radical (unpaired) electrons. The van der Waals surface area contributed by atoms with Gasteiger partial charge in [-0.2, -0.15) is 0 Å². The van der Waals surface area contributed by atoms with E-state index in [4.69, 9.17) is 4.74 Å². The van der Waals surface area contributed by atoms with E-state index in [0.29, 0.717) is 25.1 Å². The maximum absolute atomic E-state index is 13.1. The Labute approximate surface area is 175 Å². The molecular weight excluding hydrogens is 390 g/mol. The summed E-state index contributed by atoms with van der Waals surface area (Å²) in [5, 5.41) is 5.30. The van der Waals surface area contributed by atoms with Crippen molar-refractivity contribution in [3.8, 4) is 0 Å². The first kappa shape index (κ1) is 23.2. The molecule has 2 rings (SSSR count). The highest BCUT2D eigenvalue weighted by Crippen LogP contribution is 2.23. The number of nitrogens with one attached hydrogen (secondary N) is 2. The Kier molecular flexibility index (Phi) is 7.82. The van der Waals surface area contributed by atoms with Gasteiger partial charge in [-0.15, -0.1) is 0 Å². The van der Waals surface area contributed by atoms with Crippen LogP contribution in [-0.4, -0.2) is 68.0 Å². The summed E-state index contributed by atoms with van der Waals surface area (Å²) >= 11 is 0. The van der Waals surface area contributed by atoms with Gasteiger partial charge in [-0.25, -0.2) is 0 Å². The number of ether oxygens (including phenoxy) is 1. The predicted octanol–water partition coefficient (Wildman–Crippen LogP) is 1.03. The van der Waals surface area contributed by atoms with Crippen LogP contribution in [0.15, 0.2) is 18.2 Å². The molecule has 1 unspecified atom stereocenters. The fourth-order valence-electron chi connectivity index (χ4n) is 3.05. The SMILES string of the molecule is CN(C(=O)c1c(C=O)cccc1NCCOCC(C)(C)C=O)C1CCC(=O)NC1=O. The second kappa shape index (κ2) is 10.1. The Bertz CT molecular complexity index is 836. The van der Waals surface area contributed by atoms with Gasteiger partial charge in [0.2, 0.25) is 11.8 Å². The Morgan fingerprint density at radius 2 is 2.07 bits per heavy atom. The minimum absolute atomic E-state index is 0.142. The quantitative estimate of drug-likeness (QED) is 0.331. The van der Waals surface area contributed by atoms with E-state index in [1.165, 1.54) is 18.0 Å². The largest absolute Gasteiger partial charge is 0.382 e. The number of aldehydes is 2. The van der Waals surface area contributed by atoms with Crippen LogP contribution in [0.5, 0.6) is 0 Å². The van der Waals surface area contributed by atoms with E-state index in [9.17, 15) is 24.0 Å². The van der Waals surface area contributed by atoms with Crippen LogP contribution < -0.4 is 10.6 Å². The minimum atomic E-state index is -0.795. The van der Waals surface area contributed by atoms with Gasteiger partial charge in [0.1, 0.15) is 12.3 Å². The Morgan fingerprint density at radius 3 is 2.70 bits per heavy atom. The van der Waals surface area contributed by atoms with Crippen molar-refractivity contribution in [3.05, 3.63) is 29.3 Å². The maximum Gasteiger partial charge on any atom is 0.257 e. The maximum atomic E-state index is 13.1. The lowest BCUT2D eigenvalue weighted by Crippen LogP contribution is -2.53. The predicted molar refractivity (Wildman–Crippen MR) is 109 cm³/mol. The van der Waals surface area contributed by atoms with Crippen LogP contribution in [-0.2, 0) is 19.1 Å². The number of likely N-dealkylation sites (N-methyl/N-ethyl adjacent to an activating group) is 1. The molecule has 1 aromatic rings. The lowest BCUT2D eigenvalue weighted by Gasteiger charge is -2.30. The van der Waals surface area contributed by atoms with E-state index >= 15 is 0 Å². The molecule has 1 aromatic carbocycles. The first-order valence-electron chi connectivity index (χ1n) is 9.67. The zero-order valence-corrected chi connectivity index (χ0v) is 17.4. The molecule has 1 atom stereocenters. The van der Waals surface area contributed by atoms with Crippen LogP contribution in [0, 0.1) is 5.41 Å². The molecule has 1 aliphatic rings. The number of hydrogen-bond acceptors (Lipinski definition) is 7. The van der Waals surface area contributed by atoms with Crippen LogP contribution in [0.2, 0.25) is 0 Å². The molecule has 0 saturated carbocycles. The number of hydrogen-bond donors (Lipinski definition) is 2. The average molecular weight is 417 g/mol. The van der Waals surface area contributed by atoms with E-state index in [0.717, 1.165) is 6.29 Å². The lowest BCUT2D eigenvalue weighted by molar-refractivity contribution is -0.136. The van der Waals surface area contributed by atoms with E-state index < -0.39 is 23.3 Å². The monoisotopic (exact) mass is 417 g/mol. The number of imide groups is 1. The summed E-state index contributed by atoms with van der Waals surface area (Å²) in [6.07, 6.45) is 1.78. The van der Waals surface area contributed by atoms with Gasteiger partial charge in [0, 0.05) is 36.7 Å². The summed E-state index contributed by atoms with van der Waals surface area (Å²) < 4.78 is 5.49. The van der Waals surface area contributed by atoms with Gasteiger partial charge < -0.3 is 19.7 Å². The fraction of sp³-hybridized carbons (Fsp3) is 0.476. The standard InChI is InChI=1S/C21H27N3O6/c1-21(2,12-26)13-30-10-9-22-15-6-4-5-14(11-25)18(15)20(29)24(3)16-7-8-17(27)23-19(16)28/h4-6,11-12,16,22H,7-10,13H2,1-3H3,(H,23,27,28). The van der Waals surface area contributed by atoms with Gasteiger partial charge in [-0.3, -0.25) is 24.5 Å².